The highest BCUT2D eigenvalue weighted by atomic mass is 19.1. The topological polar surface area (TPSA) is 72.4 Å². The number of anilines is 3. The molecule has 1 saturated heterocycles. The molecule has 3 aromatic rings. The second-order valence-corrected chi connectivity index (χ2v) is 7.55. The zero-order valence-electron chi connectivity index (χ0n) is 17.9. The van der Waals surface area contributed by atoms with Crippen molar-refractivity contribution in [1.29, 1.82) is 0 Å². The van der Waals surface area contributed by atoms with E-state index in [1.54, 1.807) is 18.3 Å². The van der Waals surface area contributed by atoms with Crippen molar-refractivity contribution in [3.63, 3.8) is 0 Å². The molecular formula is C23H26FN5O2. The highest BCUT2D eigenvalue weighted by Crippen LogP contribution is 2.27. The van der Waals surface area contributed by atoms with Crippen molar-refractivity contribution >= 4 is 17.5 Å². The van der Waals surface area contributed by atoms with Crippen molar-refractivity contribution in [2.24, 2.45) is 0 Å². The second-order valence-electron chi connectivity index (χ2n) is 7.55. The molecule has 0 spiro atoms. The van der Waals surface area contributed by atoms with Gasteiger partial charge in [0.1, 0.15) is 11.6 Å². The summed E-state index contributed by atoms with van der Waals surface area (Å²) in [4.78, 5) is 14.9. The van der Waals surface area contributed by atoms with Gasteiger partial charge in [0.05, 0.1) is 24.5 Å². The predicted molar refractivity (Wildman–Crippen MR) is 118 cm³/mol. The molecule has 0 aliphatic carbocycles. The first-order valence-corrected chi connectivity index (χ1v) is 10.4. The molecule has 0 unspecified atom stereocenters. The Hall–Kier alpha value is -3.26. The minimum atomic E-state index is -0.594. The zero-order valence-corrected chi connectivity index (χ0v) is 17.9. The monoisotopic (exact) mass is 423 g/mol. The summed E-state index contributed by atoms with van der Waals surface area (Å²) in [5.74, 6) is 1.28. The van der Waals surface area contributed by atoms with Crippen LogP contribution in [0.4, 0.5) is 21.8 Å². The molecule has 8 heteroatoms. The van der Waals surface area contributed by atoms with E-state index in [4.69, 9.17) is 9.47 Å². The summed E-state index contributed by atoms with van der Waals surface area (Å²) in [5, 5.41) is 3.04. The van der Waals surface area contributed by atoms with Crippen LogP contribution in [0, 0.1) is 5.95 Å². The number of aromatic nitrogens is 3. The molecule has 0 bridgehead atoms. The fourth-order valence-electron chi connectivity index (χ4n) is 3.65. The number of ether oxygens (including phenoxy) is 2. The van der Waals surface area contributed by atoms with Crippen LogP contribution in [0.3, 0.4) is 0 Å². The van der Waals surface area contributed by atoms with Gasteiger partial charge in [-0.05, 0) is 50.6 Å². The van der Waals surface area contributed by atoms with Crippen LogP contribution in [0.25, 0.3) is 11.1 Å². The third kappa shape index (κ3) is 5.08. The zero-order chi connectivity index (χ0) is 21.8. The van der Waals surface area contributed by atoms with Gasteiger partial charge in [0.25, 0.3) is 0 Å². The largest absolute Gasteiger partial charge is 0.494 e. The van der Waals surface area contributed by atoms with E-state index in [9.17, 15) is 4.39 Å². The van der Waals surface area contributed by atoms with Crippen LogP contribution >= 0.6 is 0 Å². The standard InChI is InChI=1S/C23H26FN5O2/c1-4-30-19-7-5-17(6-8-19)18-11-20(22(24)26-12-18)27-21-9-10-25-23(28-21)29-13-15(2)31-16(3)14-29/h5-12,15-16H,4,13-14H2,1-3H3,(H,25,27,28)/t15-,16+. The van der Waals surface area contributed by atoms with E-state index >= 15 is 0 Å². The molecule has 7 nitrogen and oxygen atoms in total. The highest BCUT2D eigenvalue weighted by molar-refractivity contribution is 5.69. The summed E-state index contributed by atoms with van der Waals surface area (Å²) in [7, 11) is 0. The first-order valence-electron chi connectivity index (χ1n) is 10.4. The number of hydrogen-bond acceptors (Lipinski definition) is 7. The highest BCUT2D eigenvalue weighted by Gasteiger charge is 2.24. The smallest absolute Gasteiger partial charge is 0.236 e. The molecule has 162 valence electrons. The first kappa shape index (κ1) is 21.0. The van der Waals surface area contributed by atoms with E-state index in [-0.39, 0.29) is 17.9 Å². The number of rotatable bonds is 6. The minimum Gasteiger partial charge on any atom is -0.494 e. The second kappa shape index (κ2) is 9.26. The van der Waals surface area contributed by atoms with Crippen molar-refractivity contribution in [2.45, 2.75) is 33.0 Å². The lowest BCUT2D eigenvalue weighted by Crippen LogP contribution is -2.46. The van der Waals surface area contributed by atoms with Crippen molar-refractivity contribution < 1.29 is 13.9 Å². The van der Waals surface area contributed by atoms with E-state index in [1.165, 1.54) is 6.20 Å². The lowest BCUT2D eigenvalue weighted by atomic mass is 10.1. The van der Waals surface area contributed by atoms with E-state index in [0.29, 0.717) is 31.5 Å². The summed E-state index contributed by atoms with van der Waals surface area (Å²) < 4.78 is 25.7. The number of benzene rings is 1. The number of halogens is 1. The fraction of sp³-hybridized carbons (Fsp3) is 0.348. The number of morpholine rings is 1. The molecule has 0 saturated carbocycles. The van der Waals surface area contributed by atoms with E-state index in [2.05, 4.69) is 25.2 Å². The molecule has 4 rings (SSSR count). The maximum Gasteiger partial charge on any atom is 0.236 e. The number of hydrogen-bond donors (Lipinski definition) is 1. The van der Waals surface area contributed by atoms with Crippen molar-refractivity contribution in [3.8, 4) is 16.9 Å². The van der Waals surface area contributed by atoms with Crippen LogP contribution in [-0.4, -0.2) is 46.9 Å². The van der Waals surface area contributed by atoms with Gasteiger partial charge in [0.2, 0.25) is 11.9 Å². The van der Waals surface area contributed by atoms with Crippen molar-refractivity contribution in [1.82, 2.24) is 15.0 Å². The third-order valence-electron chi connectivity index (χ3n) is 4.95. The molecule has 1 N–H and O–H groups in total. The van der Waals surface area contributed by atoms with Gasteiger partial charge in [-0.25, -0.2) is 9.97 Å². The Morgan fingerprint density at radius 2 is 1.84 bits per heavy atom. The molecule has 1 aromatic carbocycles. The number of nitrogens with zero attached hydrogens (tertiary/aromatic N) is 4. The summed E-state index contributed by atoms with van der Waals surface area (Å²) in [6.07, 6.45) is 3.36. The maximum atomic E-state index is 14.4. The molecule has 31 heavy (non-hydrogen) atoms. The summed E-state index contributed by atoms with van der Waals surface area (Å²) in [6.45, 7) is 8.01. The molecule has 0 amide bonds. The Labute approximate surface area is 181 Å². The van der Waals surface area contributed by atoms with Crippen LogP contribution in [0.5, 0.6) is 5.75 Å². The Kier molecular flexibility index (Phi) is 6.27. The SMILES string of the molecule is CCOc1ccc(-c2cnc(F)c(Nc3ccnc(N4C[C@@H](C)O[C@@H](C)C4)n3)c2)cc1. The molecular weight excluding hydrogens is 397 g/mol. The lowest BCUT2D eigenvalue weighted by Gasteiger charge is -2.35. The maximum absolute atomic E-state index is 14.4. The molecule has 3 heterocycles. The first-order chi connectivity index (χ1) is 15.0. The Bertz CT molecular complexity index is 1020. The summed E-state index contributed by atoms with van der Waals surface area (Å²) >= 11 is 0. The molecule has 2 aromatic heterocycles. The van der Waals surface area contributed by atoms with Crippen LogP contribution < -0.4 is 15.0 Å². The third-order valence-corrected chi connectivity index (χ3v) is 4.95. The lowest BCUT2D eigenvalue weighted by molar-refractivity contribution is -0.00571. The van der Waals surface area contributed by atoms with Gasteiger partial charge < -0.3 is 19.7 Å². The molecule has 1 fully saturated rings. The molecule has 2 atom stereocenters. The number of nitrogens with one attached hydrogen (secondary N) is 1. The van der Waals surface area contributed by atoms with Crippen LogP contribution in [0.2, 0.25) is 0 Å². The van der Waals surface area contributed by atoms with Crippen molar-refractivity contribution in [3.05, 3.63) is 54.7 Å². The fourth-order valence-corrected chi connectivity index (χ4v) is 3.65. The minimum absolute atomic E-state index is 0.0939. The summed E-state index contributed by atoms with van der Waals surface area (Å²) in [5.41, 5.74) is 1.95. The Morgan fingerprint density at radius 3 is 2.55 bits per heavy atom. The summed E-state index contributed by atoms with van der Waals surface area (Å²) in [6, 6.07) is 11.0. The predicted octanol–water partition coefficient (Wildman–Crippen LogP) is 4.43. The van der Waals surface area contributed by atoms with Gasteiger partial charge >= 0.3 is 0 Å². The Morgan fingerprint density at radius 1 is 1.10 bits per heavy atom. The van der Waals surface area contributed by atoms with Crippen molar-refractivity contribution in [2.75, 3.05) is 29.9 Å². The molecule has 0 radical (unpaired) electrons. The number of pyridine rings is 1. The van der Waals surface area contributed by atoms with Gasteiger partial charge in [-0.15, -0.1) is 0 Å². The average Bonchev–Trinajstić information content (AvgIpc) is 2.76. The van der Waals surface area contributed by atoms with Gasteiger partial charge in [0.15, 0.2) is 0 Å². The van der Waals surface area contributed by atoms with E-state index in [0.717, 1.165) is 16.9 Å². The van der Waals surface area contributed by atoms with Gasteiger partial charge in [0, 0.05) is 31.0 Å². The van der Waals surface area contributed by atoms with Crippen LogP contribution in [0.15, 0.2) is 48.8 Å². The van der Waals surface area contributed by atoms with Gasteiger partial charge in [-0.2, -0.15) is 9.37 Å². The molecule has 1 aliphatic rings. The average molecular weight is 423 g/mol. The molecule has 1 aliphatic heterocycles. The Balaban J connectivity index is 1.55. The van der Waals surface area contributed by atoms with Gasteiger partial charge in [-0.1, -0.05) is 12.1 Å². The van der Waals surface area contributed by atoms with E-state index in [1.807, 2.05) is 45.0 Å². The van der Waals surface area contributed by atoms with Crippen LogP contribution in [-0.2, 0) is 4.74 Å². The normalized spacial score (nSPS) is 18.6. The van der Waals surface area contributed by atoms with E-state index < -0.39 is 5.95 Å². The quantitative estimate of drug-likeness (QED) is 0.588. The van der Waals surface area contributed by atoms with Crippen LogP contribution in [0.1, 0.15) is 20.8 Å². The van der Waals surface area contributed by atoms with Gasteiger partial charge in [-0.3, -0.25) is 0 Å².